The number of hydrogen-bond donors (Lipinski definition) is 1. The van der Waals surface area contributed by atoms with E-state index in [0.29, 0.717) is 32.0 Å². The van der Waals surface area contributed by atoms with Gasteiger partial charge < -0.3 is 14.8 Å². The van der Waals surface area contributed by atoms with E-state index < -0.39 is 0 Å². The second-order valence-electron chi connectivity index (χ2n) is 4.19. The Morgan fingerprint density at radius 3 is 2.63 bits per heavy atom. The molecule has 0 atom stereocenters. The quantitative estimate of drug-likeness (QED) is 0.766. The van der Waals surface area contributed by atoms with E-state index in [1.54, 1.807) is 7.11 Å². The minimum Gasteiger partial charge on any atom is -0.493 e. The number of nitrogens with zero attached hydrogens (tertiary/aromatic N) is 1. The maximum absolute atomic E-state index is 11.4. The number of hydrogen-bond acceptors (Lipinski definition) is 4. The van der Waals surface area contributed by atoms with Gasteiger partial charge in [-0.25, -0.2) is 0 Å². The van der Waals surface area contributed by atoms with E-state index in [-0.39, 0.29) is 5.91 Å². The number of ether oxygens (including phenoxy) is 2. The largest absolute Gasteiger partial charge is 0.493 e. The van der Waals surface area contributed by atoms with Crippen LogP contribution in [0.5, 0.6) is 11.5 Å². The molecule has 0 unspecified atom stereocenters. The average Bonchev–Trinajstić information content (AvgIpc) is 2.39. The number of likely N-dealkylation sites (N-methyl/N-ethyl adjacent to an activating group) is 2. The molecule has 5 nitrogen and oxygen atoms in total. The molecule has 0 aromatic heterocycles. The lowest BCUT2D eigenvalue weighted by atomic mass is 10.3. The summed E-state index contributed by atoms with van der Waals surface area (Å²) in [5, 5.41) is 2.76. The van der Waals surface area contributed by atoms with Crippen LogP contribution in [0.1, 0.15) is 6.92 Å². The SMILES string of the molecule is CCNC(=O)CN(C)CCOc1ccccc1OC. The molecule has 0 spiro atoms. The molecule has 0 aliphatic rings. The number of benzene rings is 1. The lowest BCUT2D eigenvalue weighted by Crippen LogP contribution is -2.36. The molecule has 0 aliphatic carbocycles. The first-order valence-corrected chi connectivity index (χ1v) is 6.38. The Labute approximate surface area is 114 Å². The van der Waals surface area contributed by atoms with Crippen LogP contribution in [0.25, 0.3) is 0 Å². The fourth-order valence-corrected chi connectivity index (χ4v) is 1.63. The predicted octanol–water partition coefficient (Wildman–Crippen LogP) is 1.14. The van der Waals surface area contributed by atoms with Crippen LogP contribution >= 0.6 is 0 Å². The van der Waals surface area contributed by atoms with Gasteiger partial charge in [0.1, 0.15) is 6.61 Å². The zero-order valence-electron chi connectivity index (χ0n) is 11.8. The molecule has 19 heavy (non-hydrogen) atoms. The zero-order valence-corrected chi connectivity index (χ0v) is 11.8. The van der Waals surface area contributed by atoms with Crippen LogP contribution in [0.2, 0.25) is 0 Å². The number of amides is 1. The molecule has 1 N–H and O–H groups in total. The van der Waals surface area contributed by atoms with Crippen molar-refractivity contribution in [2.24, 2.45) is 0 Å². The van der Waals surface area contributed by atoms with Gasteiger partial charge in [0.15, 0.2) is 11.5 Å². The van der Waals surface area contributed by atoms with Crippen LogP contribution in [-0.2, 0) is 4.79 Å². The Balaban J connectivity index is 2.31. The number of rotatable bonds is 8. The molecule has 1 rings (SSSR count). The van der Waals surface area contributed by atoms with Crippen LogP contribution in [-0.4, -0.2) is 51.2 Å². The van der Waals surface area contributed by atoms with E-state index in [1.807, 2.05) is 43.1 Å². The summed E-state index contributed by atoms with van der Waals surface area (Å²) in [6.45, 7) is 4.13. The van der Waals surface area contributed by atoms with Crippen molar-refractivity contribution < 1.29 is 14.3 Å². The monoisotopic (exact) mass is 266 g/mol. The molecular formula is C14H22N2O3. The summed E-state index contributed by atoms with van der Waals surface area (Å²) in [5.41, 5.74) is 0. The summed E-state index contributed by atoms with van der Waals surface area (Å²) in [4.78, 5) is 13.3. The van der Waals surface area contributed by atoms with E-state index in [4.69, 9.17) is 9.47 Å². The minimum absolute atomic E-state index is 0.0299. The summed E-state index contributed by atoms with van der Waals surface area (Å²) >= 11 is 0. The summed E-state index contributed by atoms with van der Waals surface area (Å²) < 4.78 is 10.8. The third-order valence-corrected chi connectivity index (χ3v) is 2.59. The summed E-state index contributed by atoms with van der Waals surface area (Å²) in [6, 6.07) is 7.51. The van der Waals surface area contributed by atoms with Crippen molar-refractivity contribution in [2.45, 2.75) is 6.92 Å². The lowest BCUT2D eigenvalue weighted by molar-refractivity contribution is -0.121. The molecule has 0 saturated carbocycles. The van der Waals surface area contributed by atoms with E-state index in [1.165, 1.54) is 0 Å². The molecule has 0 radical (unpaired) electrons. The van der Waals surface area contributed by atoms with Crippen molar-refractivity contribution in [3.63, 3.8) is 0 Å². The van der Waals surface area contributed by atoms with Crippen molar-refractivity contribution >= 4 is 5.91 Å². The highest BCUT2D eigenvalue weighted by Crippen LogP contribution is 2.25. The topological polar surface area (TPSA) is 50.8 Å². The molecule has 5 heteroatoms. The Bertz CT molecular complexity index is 396. The van der Waals surface area contributed by atoms with Crippen molar-refractivity contribution in [2.75, 3.05) is 40.4 Å². The van der Waals surface area contributed by atoms with Crippen LogP contribution < -0.4 is 14.8 Å². The Hall–Kier alpha value is -1.75. The molecule has 106 valence electrons. The maximum atomic E-state index is 11.4. The van der Waals surface area contributed by atoms with Crippen LogP contribution in [0.15, 0.2) is 24.3 Å². The summed E-state index contributed by atoms with van der Waals surface area (Å²) in [5.74, 6) is 1.47. The molecule has 1 aromatic rings. The second-order valence-corrected chi connectivity index (χ2v) is 4.19. The normalized spacial score (nSPS) is 10.3. The van der Waals surface area contributed by atoms with Gasteiger partial charge in [0, 0.05) is 13.1 Å². The first kappa shape index (κ1) is 15.3. The third kappa shape index (κ3) is 5.61. The van der Waals surface area contributed by atoms with Gasteiger partial charge in [-0.2, -0.15) is 0 Å². The lowest BCUT2D eigenvalue weighted by Gasteiger charge is -2.17. The minimum atomic E-state index is 0.0299. The highest BCUT2D eigenvalue weighted by atomic mass is 16.5. The van der Waals surface area contributed by atoms with Gasteiger partial charge in [-0.3, -0.25) is 9.69 Å². The highest BCUT2D eigenvalue weighted by molar-refractivity contribution is 5.77. The molecule has 1 amide bonds. The Morgan fingerprint density at radius 1 is 1.32 bits per heavy atom. The number of carbonyl (C=O) groups excluding carboxylic acids is 1. The van der Waals surface area contributed by atoms with Crippen LogP contribution in [0, 0.1) is 0 Å². The average molecular weight is 266 g/mol. The van der Waals surface area contributed by atoms with Crippen molar-refractivity contribution in [1.29, 1.82) is 0 Å². The molecule has 0 fully saturated rings. The molecule has 1 aromatic carbocycles. The number of methoxy groups -OCH3 is 1. The fourth-order valence-electron chi connectivity index (χ4n) is 1.63. The molecule has 0 aliphatic heterocycles. The predicted molar refractivity (Wildman–Crippen MR) is 74.7 cm³/mol. The van der Waals surface area contributed by atoms with Crippen molar-refractivity contribution in [1.82, 2.24) is 10.2 Å². The van der Waals surface area contributed by atoms with Gasteiger partial charge in [0.05, 0.1) is 13.7 Å². The molecule has 0 heterocycles. The Morgan fingerprint density at radius 2 is 2.00 bits per heavy atom. The van der Waals surface area contributed by atoms with Crippen LogP contribution in [0.4, 0.5) is 0 Å². The van der Waals surface area contributed by atoms with Gasteiger partial charge in [-0.15, -0.1) is 0 Å². The first-order valence-electron chi connectivity index (χ1n) is 6.38. The van der Waals surface area contributed by atoms with Gasteiger partial charge in [-0.1, -0.05) is 12.1 Å². The van der Waals surface area contributed by atoms with Crippen molar-refractivity contribution in [3.8, 4) is 11.5 Å². The highest BCUT2D eigenvalue weighted by Gasteiger charge is 2.06. The van der Waals surface area contributed by atoms with E-state index in [9.17, 15) is 4.79 Å². The standard InChI is InChI=1S/C14H22N2O3/c1-4-15-14(17)11-16(2)9-10-19-13-8-6-5-7-12(13)18-3/h5-8H,4,9-11H2,1-3H3,(H,15,17). The van der Waals surface area contributed by atoms with E-state index >= 15 is 0 Å². The second kappa shape index (κ2) is 8.37. The maximum Gasteiger partial charge on any atom is 0.234 e. The van der Waals surface area contributed by atoms with Gasteiger partial charge >= 0.3 is 0 Å². The van der Waals surface area contributed by atoms with Crippen molar-refractivity contribution in [3.05, 3.63) is 24.3 Å². The molecular weight excluding hydrogens is 244 g/mol. The molecule has 0 saturated heterocycles. The first-order chi connectivity index (χ1) is 9.17. The summed E-state index contributed by atoms with van der Waals surface area (Å²) in [7, 11) is 3.50. The Kier molecular flexibility index (Phi) is 6.74. The van der Waals surface area contributed by atoms with Gasteiger partial charge in [0.2, 0.25) is 5.91 Å². The number of carbonyl (C=O) groups is 1. The zero-order chi connectivity index (χ0) is 14.1. The fraction of sp³-hybridized carbons (Fsp3) is 0.500. The smallest absolute Gasteiger partial charge is 0.234 e. The summed E-state index contributed by atoms with van der Waals surface area (Å²) in [6.07, 6.45) is 0. The number of nitrogens with one attached hydrogen (secondary N) is 1. The van der Waals surface area contributed by atoms with Crippen LogP contribution in [0.3, 0.4) is 0 Å². The number of para-hydroxylation sites is 2. The molecule has 0 bridgehead atoms. The van der Waals surface area contributed by atoms with Gasteiger partial charge in [0.25, 0.3) is 0 Å². The van der Waals surface area contributed by atoms with Gasteiger partial charge in [-0.05, 0) is 26.1 Å². The van der Waals surface area contributed by atoms with E-state index in [2.05, 4.69) is 5.32 Å². The van der Waals surface area contributed by atoms with E-state index in [0.717, 1.165) is 5.75 Å². The third-order valence-electron chi connectivity index (χ3n) is 2.59.